The summed E-state index contributed by atoms with van der Waals surface area (Å²) in [5.41, 5.74) is 4.54. The molecule has 0 heterocycles. The van der Waals surface area contributed by atoms with Crippen LogP contribution in [-0.2, 0) is 6.54 Å². The molecule has 1 atom stereocenters. The zero-order valence-electron chi connectivity index (χ0n) is 12.4. The van der Waals surface area contributed by atoms with Crippen molar-refractivity contribution >= 4 is 5.69 Å². The van der Waals surface area contributed by atoms with Crippen LogP contribution < -0.4 is 5.32 Å². The first kappa shape index (κ1) is 14.6. The van der Waals surface area contributed by atoms with Crippen LogP contribution in [0.25, 0.3) is 0 Å². The molecule has 0 radical (unpaired) electrons. The Morgan fingerprint density at radius 1 is 0.950 bits per heavy atom. The van der Waals surface area contributed by atoms with Gasteiger partial charge in [-0.2, -0.15) is 0 Å². The second-order valence-electron chi connectivity index (χ2n) is 5.51. The van der Waals surface area contributed by atoms with Crippen LogP contribution in [0.15, 0.2) is 48.5 Å². The number of rotatable bonds is 5. The maximum Gasteiger partial charge on any atom is 0.0781 e. The van der Waals surface area contributed by atoms with Crippen molar-refractivity contribution in [1.82, 2.24) is 0 Å². The summed E-state index contributed by atoms with van der Waals surface area (Å²) in [6.07, 6.45) is -0.456. The van der Waals surface area contributed by atoms with E-state index < -0.39 is 6.10 Å². The summed E-state index contributed by atoms with van der Waals surface area (Å²) in [5, 5.41) is 13.2. The Morgan fingerprint density at radius 3 is 2.20 bits per heavy atom. The smallest absolute Gasteiger partial charge is 0.0781 e. The molecule has 0 aliphatic heterocycles. The number of nitrogens with one attached hydrogen (secondary N) is 1. The van der Waals surface area contributed by atoms with Gasteiger partial charge >= 0.3 is 0 Å². The first-order valence-electron chi connectivity index (χ1n) is 7.17. The second-order valence-corrected chi connectivity index (χ2v) is 5.51. The Morgan fingerprint density at radius 2 is 1.60 bits per heavy atom. The zero-order chi connectivity index (χ0) is 14.5. The lowest BCUT2D eigenvalue weighted by Gasteiger charge is -2.14. The van der Waals surface area contributed by atoms with Crippen molar-refractivity contribution in [1.29, 1.82) is 0 Å². The van der Waals surface area contributed by atoms with Crippen molar-refractivity contribution in [2.75, 3.05) is 5.32 Å². The van der Waals surface area contributed by atoms with Crippen molar-refractivity contribution in [3.8, 4) is 0 Å². The van der Waals surface area contributed by atoms with Gasteiger partial charge in [0.25, 0.3) is 0 Å². The topological polar surface area (TPSA) is 32.3 Å². The van der Waals surface area contributed by atoms with E-state index in [1.807, 2.05) is 24.3 Å². The van der Waals surface area contributed by atoms with Gasteiger partial charge in [-0.1, -0.05) is 56.3 Å². The number of hydrogen-bond acceptors (Lipinski definition) is 2. The zero-order valence-corrected chi connectivity index (χ0v) is 12.4. The fourth-order valence-electron chi connectivity index (χ4n) is 2.24. The summed E-state index contributed by atoms with van der Waals surface area (Å²) < 4.78 is 0. The van der Waals surface area contributed by atoms with Gasteiger partial charge in [0.1, 0.15) is 0 Å². The summed E-state index contributed by atoms with van der Waals surface area (Å²) in [4.78, 5) is 0. The normalized spacial score (nSPS) is 12.4. The molecule has 0 bridgehead atoms. The molecule has 2 aromatic carbocycles. The first-order valence-corrected chi connectivity index (χ1v) is 7.17. The van der Waals surface area contributed by atoms with Crippen LogP contribution in [0.5, 0.6) is 0 Å². The molecule has 0 spiro atoms. The van der Waals surface area contributed by atoms with Crippen LogP contribution in [0, 0.1) is 0 Å². The van der Waals surface area contributed by atoms with Crippen LogP contribution >= 0.6 is 0 Å². The molecule has 0 aliphatic carbocycles. The molecule has 2 N–H and O–H groups in total. The van der Waals surface area contributed by atoms with E-state index in [0.29, 0.717) is 5.92 Å². The van der Waals surface area contributed by atoms with E-state index in [1.165, 1.54) is 11.1 Å². The SMILES string of the molecule is CC(C)c1ccc(CNc2ccccc2C(C)O)cc1. The number of hydrogen-bond donors (Lipinski definition) is 2. The van der Waals surface area contributed by atoms with Gasteiger partial charge in [-0.15, -0.1) is 0 Å². The van der Waals surface area contributed by atoms with Crippen molar-refractivity contribution in [3.63, 3.8) is 0 Å². The lowest BCUT2D eigenvalue weighted by atomic mass is 10.0. The summed E-state index contributed by atoms with van der Waals surface area (Å²) >= 11 is 0. The van der Waals surface area contributed by atoms with E-state index in [1.54, 1.807) is 6.92 Å². The molecule has 0 aliphatic rings. The molecular formula is C18H23NO. The molecule has 2 aromatic rings. The lowest BCUT2D eigenvalue weighted by molar-refractivity contribution is 0.200. The lowest BCUT2D eigenvalue weighted by Crippen LogP contribution is -2.04. The summed E-state index contributed by atoms with van der Waals surface area (Å²) in [6.45, 7) is 6.96. The summed E-state index contributed by atoms with van der Waals surface area (Å²) in [6, 6.07) is 16.6. The fourth-order valence-corrected chi connectivity index (χ4v) is 2.24. The van der Waals surface area contributed by atoms with E-state index in [2.05, 4.69) is 43.4 Å². The second kappa shape index (κ2) is 6.58. The first-order chi connectivity index (χ1) is 9.58. The molecular weight excluding hydrogens is 246 g/mol. The highest BCUT2D eigenvalue weighted by atomic mass is 16.3. The highest BCUT2D eigenvalue weighted by molar-refractivity contribution is 5.52. The van der Waals surface area contributed by atoms with Crippen LogP contribution in [-0.4, -0.2) is 5.11 Å². The third-order valence-corrected chi connectivity index (χ3v) is 3.54. The molecule has 0 saturated carbocycles. The average molecular weight is 269 g/mol. The third kappa shape index (κ3) is 3.61. The number of anilines is 1. The molecule has 20 heavy (non-hydrogen) atoms. The van der Waals surface area contributed by atoms with Gasteiger partial charge < -0.3 is 10.4 Å². The van der Waals surface area contributed by atoms with E-state index in [-0.39, 0.29) is 0 Å². The third-order valence-electron chi connectivity index (χ3n) is 3.54. The van der Waals surface area contributed by atoms with E-state index in [4.69, 9.17) is 0 Å². The van der Waals surface area contributed by atoms with E-state index in [0.717, 1.165) is 17.8 Å². The van der Waals surface area contributed by atoms with Crippen LogP contribution in [0.2, 0.25) is 0 Å². The van der Waals surface area contributed by atoms with E-state index >= 15 is 0 Å². The van der Waals surface area contributed by atoms with Gasteiger partial charge in [-0.25, -0.2) is 0 Å². The number of para-hydroxylation sites is 1. The van der Waals surface area contributed by atoms with Crippen molar-refractivity contribution in [3.05, 3.63) is 65.2 Å². The number of aliphatic hydroxyl groups is 1. The average Bonchev–Trinajstić information content (AvgIpc) is 2.45. The Kier molecular flexibility index (Phi) is 4.80. The molecule has 0 aromatic heterocycles. The largest absolute Gasteiger partial charge is 0.389 e. The van der Waals surface area contributed by atoms with Crippen LogP contribution in [0.4, 0.5) is 5.69 Å². The standard InChI is InChI=1S/C18H23NO/c1-13(2)16-10-8-15(9-11-16)12-19-18-7-5-4-6-17(18)14(3)20/h4-11,13-14,19-20H,12H2,1-3H3. The predicted molar refractivity (Wildman–Crippen MR) is 84.9 cm³/mol. The predicted octanol–water partition coefficient (Wildman–Crippen LogP) is 4.48. The molecule has 1 unspecified atom stereocenters. The molecule has 2 heteroatoms. The quantitative estimate of drug-likeness (QED) is 0.839. The summed E-state index contributed by atoms with van der Waals surface area (Å²) in [5.74, 6) is 0.563. The van der Waals surface area contributed by atoms with E-state index in [9.17, 15) is 5.11 Å². The van der Waals surface area contributed by atoms with Gasteiger partial charge in [0.05, 0.1) is 6.10 Å². The fraction of sp³-hybridized carbons (Fsp3) is 0.333. The maximum atomic E-state index is 9.76. The molecule has 2 rings (SSSR count). The molecule has 0 amide bonds. The number of aliphatic hydroxyl groups excluding tert-OH is 1. The van der Waals surface area contributed by atoms with Gasteiger partial charge in [0, 0.05) is 17.8 Å². The molecule has 2 nitrogen and oxygen atoms in total. The Balaban J connectivity index is 2.05. The van der Waals surface area contributed by atoms with Gasteiger partial charge in [-0.05, 0) is 30.0 Å². The number of benzene rings is 2. The Bertz CT molecular complexity index is 544. The van der Waals surface area contributed by atoms with Crippen molar-refractivity contribution in [2.45, 2.75) is 39.3 Å². The monoisotopic (exact) mass is 269 g/mol. The van der Waals surface area contributed by atoms with Crippen LogP contribution in [0.1, 0.15) is 49.5 Å². The minimum atomic E-state index is -0.456. The summed E-state index contributed by atoms with van der Waals surface area (Å²) in [7, 11) is 0. The maximum absolute atomic E-state index is 9.76. The highest BCUT2D eigenvalue weighted by Crippen LogP contribution is 2.23. The molecule has 106 valence electrons. The minimum absolute atomic E-state index is 0.456. The molecule has 0 saturated heterocycles. The van der Waals surface area contributed by atoms with Gasteiger partial charge in [-0.3, -0.25) is 0 Å². The Labute approximate surface area is 121 Å². The van der Waals surface area contributed by atoms with Gasteiger partial charge in [0.2, 0.25) is 0 Å². The highest BCUT2D eigenvalue weighted by Gasteiger charge is 2.06. The van der Waals surface area contributed by atoms with Crippen molar-refractivity contribution in [2.24, 2.45) is 0 Å². The minimum Gasteiger partial charge on any atom is -0.389 e. The molecule has 0 fully saturated rings. The Hall–Kier alpha value is -1.80. The van der Waals surface area contributed by atoms with Gasteiger partial charge in [0.15, 0.2) is 0 Å². The van der Waals surface area contributed by atoms with Crippen molar-refractivity contribution < 1.29 is 5.11 Å². The van der Waals surface area contributed by atoms with Crippen LogP contribution in [0.3, 0.4) is 0 Å².